The molecule has 0 atom stereocenters. The van der Waals surface area contributed by atoms with Gasteiger partial charge in [0.1, 0.15) is 5.82 Å². The average molecular weight is 405 g/mol. The summed E-state index contributed by atoms with van der Waals surface area (Å²) in [6, 6.07) is 21.4. The minimum absolute atomic E-state index is 0.140. The standard InChI is InChI=1S/C23H17ClN2O3/c1-29-23(28)16-8-6-15(7-9-16)14-21-25-20-5-3-2-4-19(20)22(27)26(21)18-12-10-17(24)11-13-18/h2-13H,14H2,1H3. The van der Waals surface area contributed by atoms with E-state index in [1.807, 2.05) is 30.3 Å². The summed E-state index contributed by atoms with van der Waals surface area (Å²) >= 11 is 6.02. The number of ether oxygens (including phenoxy) is 1. The Hall–Kier alpha value is -3.44. The molecule has 0 aliphatic rings. The van der Waals surface area contributed by atoms with Crippen LogP contribution in [0.5, 0.6) is 0 Å². The Morgan fingerprint density at radius 3 is 2.38 bits per heavy atom. The predicted molar refractivity (Wildman–Crippen MR) is 113 cm³/mol. The number of rotatable bonds is 4. The summed E-state index contributed by atoms with van der Waals surface area (Å²) in [7, 11) is 1.35. The molecule has 3 aromatic carbocycles. The summed E-state index contributed by atoms with van der Waals surface area (Å²) < 4.78 is 6.34. The molecule has 0 fully saturated rings. The van der Waals surface area contributed by atoms with Crippen molar-refractivity contribution in [1.29, 1.82) is 0 Å². The van der Waals surface area contributed by atoms with Crippen LogP contribution in [0.25, 0.3) is 16.6 Å². The number of nitrogens with zero attached hydrogens (tertiary/aromatic N) is 2. The molecule has 4 rings (SSSR count). The van der Waals surface area contributed by atoms with Gasteiger partial charge < -0.3 is 4.74 Å². The summed E-state index contributed by atoms with van der Waals surface area (Å²) in [6.07, 6.45) is 0.421. The largest absolute Gasteiger partial charge is 0.465 e. The number of hydrogen-bond acceptors (Lipinski definition) is 4. The molecule has 0 unspecified atom stereocenters. The Balaban J connectivity index is 1.84. The van der Waals surface area contributed by atoms with Gasteiger partial charge in [-0.05, 0) is 54.1 Å². The summed E-state index contributed by atoms with van der Waals surface area (Å²) in [5, 5.41) is 1.14. The molecule has 29 heavy (non-hydrogen) atoms. The number of esters is 1. The van der Waals surface area contributed by atoms with Crippen molar-refractivity contribution in [2.24, 2.45) is 0 Å². The molecule has 1 heterocycles. The van der Waals surface area contributed by atoms with Gasteiger partial charge in [-0.1, -0.05) is 35.9 Å². The first-order chi connectivity index (χ1) is 14.1. The van der Waals surface area contributed by atoms with E-state index in [9.17, 15) is 9.59 Å². The Kier molecular flexibility index (Phi) is 5.14. The van der Waals surface area contributed by atoms with Gasteiger partial charge in [0.05, 0.1) is 29.3 Å². The van der Waals surface area contributed by atoms with E-state index in [1.54, 1.807) is 47.0 Å². The van der Waals surface area contributed by atoms with Crippen LogP contribution in [0, 0.1) is 0 Å². The van der Waals surface area contributed by atoms with Gasteiger partial charge in [-0.3, -0.25) is 9.36 Å². The van der Waals surface area contributed by atoms with Crippen LogP contribution >= 0.6 is 11.6 Å². The highest BCUT2D eigenvalue weighted by atomic mass is 35.5. The normalized spacial score (nSPS) is 10.8. The molecule has 0 aliphatic carbocycles. The van der Waals surface area contributed by atoms with Crippen molar-refractivity contribution in [3.63, 3.8) is 0 Å². The zero-order valence-corrected chi connectivity index (χ0v) is 16.4. The first-order valence-electron chi connectivity index (χ1n) is 9.00. The maximum Gasteiger partial charge on any atom is 0.337 e. The smallest absolute Gasteiger partial charge is 0.337 e. The van der Waals surface area contributed by atoms with E-state index in [1.165, 1.54) is 7.11 Å². The number of carbonyl (C=O) groups is 1. The van der Waals surface area contributed by atoms with E-state index in [2.05, 4.69) is 0 Å². The maximum atomic E-state index is 13.2. The van der Waals surface area contributed by atoms with Crippen LogP contribution in [-0.4, -0.2) is 22.6 Å². The molecule has 0 bridgehead atoms. The fourth-order valence-electron chi connectivity index (χ4n) is 3.21. The molecule has 0 radical (unpaired) electrons. The Morgan fingerprint density at radius 2 is 1.69 bits per heavy atom. The van der Waals surface area contributed by atoms with Gasteiger partial charge in [-0.15, -0.1) is 0 Å². The predicted octanol–water partition coefficient (Wildman–Crippen LogP) is 4.42. The number of para-hydroxylation sites is 1. The van der Waals surface area contributed by atoms with E-state index in [0.29, 0.717) is 39.4 Å². The highest BCUT2D eigenvalue weighted by Crippen LogP contribution is 2.18. The van der Waals surface area contributed by atoms with E-state index in [4.69, 9.17) is 21.3 Å². The molecule has 5 nitrogen and oxygen atoms in total. The van der Waals surface area contributed by atoms with Crippen molar-refractivity contribution in [2.75, 3.05) is 7.11 Å². The van der Waals surface area contributed by atoms with Crippen molar-refractivity contribution in [3.8, 4) is 5.69 Å². The first kappa shape index (κ1) is 18.9. The molecule has 144 valence electrons. The lowest BCUT2D eigenvalue weighted by atomic mass is 10.1. The summed E-state index contributed by atoms with van der Waals surface area (Å²) in [5.74, 6) is 0.209. The maximum absolute atomic E-state index is 13.2. The minimum Gasteiger partial charge on any atom is -0.465 e. The lowest BCUT2D eigenvalue weighted by Crippen LogP contribution is -2.24. The summed E-state index contributed by atoms with van der Waals surface area (Å²) in [4.78, 5) is 29.6. The van der Waals surface area contributed by atoms with Crippen LogP contribution in [-0.2, 0) is 11.2 Å². The van der Waals surface area contributed by atoms with Gasteiger partial charge in [0.25, 0.3) is 5.56 Å². The number of carbonyl (C=O) groups excluding carboxylic acids is 1. The summed E-state index contributed by atoms with van der Waals surface area (Å²) in [6.45, 7) is 0. The Bertz CT molecular complexity index is 1250. The van der Waals surface area contributed by atoms with Crippen LogP contribution in [0.2, 0.25) is 5.02 Å². The highest BCUT2D eigenvalue weighted by molar-refractivity contribution is 6.30. The van der Waals surface area contributed by atoms with Crippen LogP contribution in [0.4, 0.5) is 0 Å². The number of hydrogen-bond donors (Lipinski definition) is 0. The molecule has 0 spiro atoms. The van der Waals surface area contributed by atoms with E-state index < -0.39 is 5.97 Å². The second-order valence-electron chi connectivity index (χ2n) is 6.53. The SMILES string of the molecule is COC(=O)c1ccc(Cc2nc3ccccc3c(=O)n2-c2ccc(Cl)cc2)cc1. The third-order valence-corrected chi connectivity index (χ3v) is 4.92. The number of halogens is 1. The van der Waals surface area contributed by atoms with Crippen molar-refractivity contribution in [3.05, 3.63) is 105 Å². The van der Waals surface area contributed by atoms with Gasteiger partial charge in [0.2, 0.25) is 0 Å². The molecule has 6 heteroatoms. The zero-order chi connectivity index (χ0) is 20.4. The Morgan fingerprint density at radius 1 is 1.00 bits per heavy atom. The van der Waals surface area contributed by atoms with Crippen LogP contribution < -0.4 is 5.56 Å². The van der Waals surface area contributed by atoms with Crippen molar-refractivity contribution in [2.45, 2.75) is 6.42 Å². The third-order valence-electron chi connectivity index (χ3n) is 4.67. The van der Waals surface area contributed by atoms with Gasteiger partial charge in [-0.25, -0.2) is 9.78 Å². The molecule has 0 saturated heterocycles. The van der Waals surface area contributed by atoms with Gasteiger partial charge in [0, 0.05) is 11.4 Å². The van der Waals surface area contributed by atoms with Crippen molar-refractivity contribution in [1.82, 2.24) is 9.55 Å². The number of aromatic nitrogens is 2. The molecule has 1 aromatic heterocycles. The van der Waals surface area contributed by atoms with E-state index >= 15 is 0 Å². The number of fused-ring (bicyclic) bond motifs is 1. The third kappa shape index (κ3) is 3.77. The molecule has 0 aliphatic heterocycles. The van der Waals surface area contributed by atoms with E-state index in [-0.39, 0.29) is 5.56 Å². The van der Waals surface area contributed by atoms with Crippen LogP contribution in [0.1, 0.15) is 21.7 Å². The average Bonchev–Trinajstić information content (AvgIpc) is 2.75. The fraction of sp³-hybridized carbons (Fsp3) is 0.0870. The fourth-order valence-corrected chi connectivity index (χ4v) is 3.34. The van der Waals surface area contributed by atoms with Crippen molar-refractivity contribution < 1.29 is 9.53 Å². The second-order valence-corrected chi connectivity index (χ2v) is 6.96. The van der Waals surface area contributed by atoms with Gasteiger partial charge in [0.15, 0.2) is 0 Å². The lowest BCUT2D eigenvalue weighted by molar-refractivity contribution is 0.0600. The number of methoxy groups -OCH3 is 1. The summed E-state index contributed by atoms with van der Waals surface area (Å²) in [5.41, 5.74) is 2.59. The molecular weight excluding hydrogens is 388 g/mol. The molecule has 0 N–H and O–H groups in total. The molecule has 0 amide bonds. The molecular formula is C23H17ClN2O3. The lowest BCUT2D eigenvalue weighted by Gasteiger charge is -2.14. The zero-order valence-electron chi connectivity index (χ0n) is 15.6. The van der Waals surface area contributed by atoms with Crippen LogP contribution in [0.3, 0.4) is 0 Å². The number of benzene rings is 3. The van der Waals surface area contributed by atoms with E-state index in [0.717, 1.165) is 5.56 Å². The quantitative estimate of drug-likeness (QED) is 0.472. The van der Waals surface area contributed by atoms with Gasteiger partial charge >= 0.3 is 5.97 Å². The topological polar surface area (TPSA) is 61.2 Å². The van der Waals surface area contributed by atoms with Gasteiger partial charge in [-0.2, -0.15) is 0 Å². The molecule has 0 saturated carbocycles. The minimum atomic E-state index is -0.390. The highest BCUT2D eigenvalue weighted by Gasteiger charge is 2.14. The monoisotopic (exact) mass is 404 g/mol. The van der Waals surface area contributed by atoms with Crippen LogP contribution in [0.15, 0.2) is 77.6 Å². The molecule has 4 aromatic rings. The second kappa shape index (κ2) is 7.89. The van der Waals surface area contributed by atoms with Crippen molar-refractivity contribution >= 4 is 28.5 Å². The first-order valence-corrected chi connectivity index (χ1v) is 9.38. The Labute approximate surface area is 172 Å².